The van der Waals surface area contributed by atoms with E-state index in [4.69, 9.17) is 0 Å². The molecule has 0 N–H and O–H groups in total. The molecule has 0 aromatic carbocycles. The van der Waals surface area contributed by atoms with Gasteiger partial charge in [-0.25, -0.2) is 4.98 Å². The van der Waals surface area contributed by atoms with E-state index in [-0.39, 0.29) is 0 Å². The smallest absolute Gasteiger partial charge is 0.0907 e. The van der Waals surface area contributed by atoms with Crippen LogP contribution in [0.15, 0.2) is 12.7 Å². The molecule has 2 heteroatoms. The number of allylic oxidation sites excluding steroid dienone is 1. The lowest BCUT2D eigenvalue weighted by Crippen LogP contribution is -1.73. The zero-order valence-electron chi connectivity index (χ0n) is 6.79. The Morgan fingerprint density at radius 1 is 1.55 bits per heavy atom. The van der Waals surface area contributed by atoms with Crippen LogP contribution >= 0.6 is 11.3 Å². The van der Waals surface area contributed by atoms with Crippen molar-refractivity contribution in [2.75, 3.05) is 0 Å². The molecule has 0 aliphatic carbocycles. The lowest BCUT2D eigenvalue weighted by molar-refractivity contribution is 1.27. The van der Waals surface area contributed by atoms with Crippen LogP contribution in [-0.4, -0.2) is 4.98 Å². The van der Waals surface area contributed by atoms with Crippen molar-refractivity contribution in [1.29, 1.82) is 0 Å². The summed E-state index contributed by atoms with van der Waals surface area (Å²) < 4.78 is 0. The Bertz CT molecular complexity index is 284. The van der Waals surface area contributed by atoms with Gasteiger partial charge in [-0.05, 0) is 26.0 Å². The summed E-state index contributed by atoms with van der Waals surface area (Å²) >= 11 is 1.69. The van der Waals surface area contributed by atoms with Gasteiger partial charge in [-0.2, -0.15) is 0 Å². The van der Waals surface area contributed by atoms with Gasteiger partial charge in [0.1, 0.15) is 0 Å². The second kappa shape index (κ2) is 3.49. The van der Waals surface area contributed by atoms with E-state index in [1.54, 1.807) is 17.4 Å². The molecule has 1 aromatic rings. The predicted molar refractivity (Wildman–Crippen MR) is 51.7 cm³/mol. The minimum absolute atomic E-state index is 0.991. The van der Waals surface area contributed by atoms with Crippen molar-refractivity contribution in [3.8, 4) is 0 Å². The molecule has 0 saturated carbocycles. The molecule has 0 amide bonds. The van der Waals surface area contributed by atoms with Crippen molar-refractivity contribution in [3.05, 3.63) is 28.2 Å². The van der Waals surface area contributed by atoms with Gasteiger partial charge >= 0.3 is 0 Å². The molecule has 0 bridgehead atoms. The molecular weight excluding hydrogens is 154 g/mol. The van der Waals surface area contributed by atoms with Gasteiger partial charge in [0.2, 0.25) is 0 Å². The molecule has 1 nitrogen and oxygen atoms in total. The Labute approximate surface area is 71.1 Å². The first kappa shape index (κ1) is 8.21. The molecule has 0 spiro atoms. The van der Waals surface area contributed by atoms with Crippen molar-refractivity contribution in [1.82, 2.24) is 4.98 Å². The molecule has 1 aromatic heterocycles. The van der Waals surface area contributed by atoms with Gasteiger partial charge in [0.05, 0.1) is 15.6 Å². The molecule has 11 heavy (non-hydrogen) atoms. The van der Waals surface area contributed by atoms with Gasteiger partial charge < -0.3 is 0 Å². The van der Waals surface area contributed by atoms with Gasteiger partial charge in [0.15, 0.2) is 0 Å². The highest BCUT2D eigenvalue weighted by Gasteiger charge is 2.00. The standard InChI is InChI=1S/C9H11NS/c1-4-6-9-8(5-2)10-7(3)11-9/h4-6H,2H2,1,3H3. The summed E-state index contributed by atoms with van der Waals surface area (Å²) in [4.78, 5) is 5.49. The Kier molecular flexibility index (Phi) is 2.60. The average molecular weight is 165 g/mol. The fourth-order valence-corrected chi connectivity index (χ4v) is 1.78. The van der Waals surface area contributed by atoms with Crippen LogP contribution in [0.5, 0.6) is 0 Å². The number of thiazole rings is 1. The van der Waals surface area contributed by atoms with Crippen LogP contribution in [0.4, 0.5) is 0 Å². The maximum Gasteiger partial charge on any atom is 0.0907 e. The van der Waals surface area contributed by atoms with Crippen molar-refractivity contribution < 1.29 is 0 Å². The van der Waals surface area contributed by atoms with Crippen LogP contribution in [0, 0.1) is 6.92 Å². The molecule has 58 valence electrons. The van der Waals surface area contributed by atoms with E-state index in [1.165, 1.54) is 4.88 Å². The first-order valence-electron chi connectivity index (χ1n) is 3.50. The van der Waals surface area contributed by atoms with Crippen molar-refractivity contribution in [2.45, 2.75) is 13.8 Å². The van der Waals surface area contributed by atoms with Crippen LogP contribution in [0.3, 0.4) is 0 Å². The summed E-state index contributed by atoms with van der Waals surface area (Å²) in [6.07, 6.45) is 5.86. The summed E-state index contributed by atoms with van der Waals surface area (Å²) in [5.74, 6) is 0. The van der Waals surface area contributed by atoms with Crippen LogP contribution in [0.25, 0.3) is 12.2 Å². The Balaban J connectivity index is 3.11. The minimum atomic E-state index is 0.991. The monoisotopic (exact) mass is 165 g/mol. The van der Waals surface area contributed by atoms with E-state index in [1.807, 2.05) is 19.9 Å². The predicted octanol–water partition coefficient (Wildman–Crippen LogP) is 3.13. The molecular formula is C9H11NS. The van der Waals surface area contributed by atoms with Crippen molar-refractivity contribution in [2.24, 2.45) is 0 Å². The lowest BCUT2D eigenvalue weighted by atomic mass is 10.3. The highest BCUT2D eigenvalue weighted by molar-refractivity contribution is 7.12. The van der Waals surface area contributed by atoms with Crippen molar-refractivity contribution in [3.63, 3.8) is 0 Å². The van der Waals surface area contributed by atoms with E-state index in [0.29, 0.717) is 0 Å². The topological polar surface area (TPSA) is 12.9 Å². The van der Waals surface area contributed by atoms with E-state index < -0.39 is 0 Å². The van der Waals surface area contributed by atoms with E-state index in [9.17, 15) is 0 Å². The average Bonchev–Trinajstić information content (AvgIpc) is 2.32. The first-order chi connectivity index (χ1) is 5.27. The van der Waals surface area contributed by atoms with E-state index in [0.717, 1.165) is 10.7 Å². The Hall–Kier alpha value is -0.890. The van der Waals surface area contributed by atoms with Crippen LogP contribution < -0.4 is 0 Å². The minimum Gasteiger partial charge on any atom is -0.242 e. The zero-order valence-corrected chi connectivity index (χ0v) is 7.61. The Morgan fingerprint density at radius 2 is 2.27 bits per heavy atom. The summed E-state index contributed by atoms with van der Waals surface area (Å²) in [5.41, 5.74) is 0.991. The maximum absolute atomic E-state index is 4.30. The molecule has 0 aliphatic rings. The van der Waals surface area contributed by atoms with E-state index >= 15 is 0 Å². The maximum atomic E-state index is 4.30. The summed E-state index contributed by atoms with van der Waals surface area (Å²) in [7, 11) is 0. The first-order valence-corrected chi connectivity index (χ1v) is 4.32. The number of hydrogen-bond donors (Lipinski definition) is 0. The van der Waals surface area contributed by atoms with Crippen LogP contribution in [-0.2, 0) is 0 Å². The van der Waals surface area contributed by atoms with Gasteiger partial charge in [-0.1, -0.05) is 12.7 Å². The van der Waals surface area contributed by atoms with Gasteiger partial charge in [-0.15, -0.1) is 11.3 Å². The van der Waals surface area contributed by atoms with E-state index in [2.05, 4.69) is 17.6 Å². The summed E-state index contributed by atoms with van der Waals surface area (Å²) in [6, 6.07) is 0. The van der Waals surface area contributed by atoms with Crippen LogP contribution in [0.1, 0.15) is 22.5 Å². The fraction of sp³-hybridized carbons (Fsp3) is 0.222. The number of aryl methyl sites for hydroxylation is 1. The highest BCUT2D eigenvalue weighted by Crippen LogP contribution is 2.20. The number of hydrogen-bond acceptors (Lipinski definition) is 2. The second-order valence-electron chi connectivity index (χ2n) is 2.19. The highest BCUT2D eigenvalue weighted by atomic mass is 32.1. The largest absolute Gasteiger partial charge is 0.242 e. The third-order valence-electron chi connectivity index (χ3n) is 1.30. The number of aromatic nitrogens is 1. The summed E-state index contributed by atoms with van der Waals surface area (Å²) in [6.45, 7) is 7.70. The quantitative estimate of drug-likeness (QED) is 0.656. The van der Waals surface area contributed by atoms with Gasteiger partial charge in [0, 0.05) is 0 Å². The second-order valence-corrected chi connectivity index (χ2v) is 3.42. The molecule has 0 fully saturated rings. The summed E-state index contributed by atoms with van der Waals surface area (Å²) in [5, 5.41) is 1.09. The molecule has 1 rings (SSSR count). The molecule has 0 saturated heterocycles. The number of rotatable bonds is 2. The molecule has 0 radical (unpaired) electrons. The third kappa shape index (κ3) is 1.77. The SMILES string of the molecule is C=Cc1nc(C)sc1C=CC. The van der Waals surface area contributed by atoms with Crippen molar-refractivity contribution >= 4 is 23.5 Å². The lowest BCUT2D eigenvalue weighted by Gasteiger charge is -1.84. The van der Waals surface area contributed by atoms with Gasteiger partial charge in [-0.3, -0.25) is 0 Å². The number of nitrogens with zero attached hydrogens (tertiary/aromatic N) is 1. The molecule has 1 heterocycles. The molecule has 0 aliphatic heterocycles. The third-order valence-corrected chi connectivity index (χ3v) is 2.25. The molecule has 0 unspecified atom stereocenters. The normalized spacial score (nSPS) is 10.7. The molecule has 0 atom stereocenters. The zero-order chi connectivity index (χ0) is 8.27. The Morgan fingerprint density at radius 3 is 2.82 bits per heavy atom. The van der Waals surface area contributed by atoms with Crippen LogP contribution in [0.2, 0.25) is 0 Å². The van der Waals surface area contributed by atoms with Gasteiger partial charge in [0.25, 0.3) is 0 Å². The fourth-order valence-electron chi connectivity index (χ4n) is 0.876.